The highest BCUT2D eigenvalue weighted by molar-refractivity contribution is 5.34. The molecule has 1 fully saturated rings. The Morgan fingerprint density at radius 2 is 1.83 bits per heavy atom. The van der Waals surface area contributed by atoms with Gasteiger partial charge in [-0.05, 0) is 23.3 Å². The smallest absolute Gasteiger partial charge is 0.119 e. The summed E-state index contributed by atoms with van der Waals surface area (Å²) in [7, 11) is 3.43. The minimum Gasteiger partial charge on any atom is -0.497 e. The molecule has 0 amide bonds. The van der Waals surface area contributed by atoms with Crippen molar-refractivity contribution in [2.24, 2.45) is 0 Å². The molecule has 0 saturated carbocycles. The van der Waals surface area contributed by atoms with Gasteiger partial charge in [0.25, 0.3) is 0 Å². The SMILES string of the molecule is COCc1cc(CN2CCNCC2)cc(OC)c1. The molecular weight excluding hydrogens is 228 g/mol. The molecule has 0 bridgehead atoms. The van der Waals surface area contributed by atoms with Crippen molar-refractivity contribution in [3.05, 3.63) is 29.3 Å². The molecule has 0 aromatic heterocycles. The molecule has 0 unspecified atom stereocenters. The summed E-state index contributed by atoms with van der Waals surface area (Å²) < 4.78 is 10.5. The first-order valence-electron chi connectivity index (χ1n) is 6.40. The van der Waals surface area contributed by atoms with Crippen molar-refractivity contribution in [2.75, 3.05) is 40.4 Å². The van der Waals surface area contributed by atoms with Gasteiger partial charge in [0.05, 0.1) is 13.7 Å². The average Bonchev–Trinajstić information content (AvgIpc) is 2.40. The maximum atomic E-state index is 5.34. The van der Waals surface area contributed by atoms with Crippen LogP contribution in [0.3, 0.4) is 0 Å². The topological polar surface area (TPSA) is 33.7 Å². The van der Waals surface area contributed by atoms with Crippen molar-refractivity contribution in [1.82, 2.24) is 10.2 Å². The van der Waals surface area contributed by atoms with Crippen molar-refractivity contribution in [2.45, 2.75) is 13.2 Å². The zero-order valence-corrected chi connectivity index (χ0v) is 11.2. The largest absolute Gasteiger partial charge is 0.497 e. The third-order valence-electron chi connectivity index (χ3n) is 3.19. The van der Waals surface area contributed by atoms with Gasteiger partial charge in [0.15, 0.2) is 0 Å². The standard InChI is InChI=1S/C14H22N2O2/c1-17-11-13-7-12(8-14(9-13)18-2)10-16-5-3-15-4-6-16/h7-9,15H,3-6,10-11H2,1-2H3. The molecule has 0 aliphatic carbocycles. The van der Waals surface area contributed by atoms with Crippen LogP contribution < -0.4 is 10.1 Å². The Morgan fingerprint density at radius 3 is 2.50 bits per heavy atom. The van der Waals surface area contributed by atoms with Gasteiger partial charge in [-0.25, -0.2) is 0 Å². The molecule has 1 saturated heterocycles. The molecule has 0 spiro atoms. The van der Waals surface area contributed by atoms with Gasteiger partial charge in [-0.2, -0.15) is 0 Å². The summed E-state index contributed by atoms with van der Waals surface area (Å²) in [6, 6.07) is 6.35. The van der Waals surface area contributed by atoms with Crippen LogP contribution in [0.4, 0.5) is 0 Å². The monoisotopic (exact) mass is 250 g/mol. The molecule has 18 heavy (non-hydrogen) atoms. The minimum absolute atomic E-state index is 0.631. The van der Waals surface area contributed by atoms with Crippen LogP contribution in [-0.2, 0) is 17.9 Å². The Labute approximate surface area is 109 Å². The Morgan fingerprint density at radius 1 is 1.11 bits per heavy atom. The maximum absolute atomic E-state index is 5.34. The van der Waals surface area contributed by atoms with E-state index in [1.165, 1.54) is 11.1 Å². The Kier molecular flexibility index (Phi) is 4.99. The fourth-order valence-corrected chi connectivity index (χ4v) is 2.32. The van der Waals surface area contributed by atoms with Gasteiger partial charge in [0.1, 0.15) is 5.75 Å². The fourth-order valence-electron chi connectivity index (χ4n) is 2.32. The first kappa shape index (κ1) is 13.3. The quantitative estimate of drug-likeness (QED) is 0.852. The Balaban J connectivity index is 2.07. The van der Waals surface area contributed by atoms with E-state index in [-0.39, 0.29) is 0 Å². The van der Waals surface area contributed by atoms with Gasteiger partial charge in [-0.15, -0.1) is 0 Å². The number of hydrogen-bond acceptors (Lipinski definition) is 4. The highest BCUT2D eigenvalue weighted by Crippen LogP contribution is 2.19. The number of benzene rings is 1. The number of hydrogen-bond donors (Lipinski definition) is 1. The molecule has 4 heteroatoms. The normalized spacial score (nSPS) is 16.8. The van der Waals surface area contributed by atoms with Crippen molar-refractivity contribution in [1.29, 1.82) is 0 Å². The summed E-state index contributed by atoms with van der Waals surface area (Å²) in [5.41, 5.74) is 2.46. The van der Waals surface area contributed by atoms with E-state index in [1.807, 2.05) is 6.07 Å². The van der Waals surface area contributed by atoms with Gasteiger partial charge in [0.2, 0.25) is 0 Å². The van der Waals surface area contributed by atoms with Crippen LogP contribution >= 0.6 is 0 Å². The van der Waals surface area contributed by atoms with E-state index in [9.17, 15) is 0 Å². The van der Waals surface area contributed by atoms with Crippen molar-refractivity contribution < 1.29 is 9.47 Å². The summed E-state index contributed by atoms with van der Waals surface area (Å²) in [6.45, 7) is 5.98. The molecule has 1 aromatic carbocycles. The molecule has 2 rings (SSSR count). The fraction of sp³-hybridized carbons (Fsp3) is 0.571. The lowest BCUT2D eigenvalue weighted by Gasteiger charge is -2.27. The van der Waals surface area contributed by atoms with Crippen molar-refractivity contribution in [3.8, 4) is 5.75 Å². The molecule has 1 aromatic rings. The minimum atomic E-state index is 0.631. The van der Waals surface area contributed by atoms with Crippen LogP contribution in [0.5, 0.6) is 5.75 Å². The summed E-state index contributed by atoms with van der Waals surface area (Å²) >= 11 is 0. The average molecular weight is 250 g/mol. The lowest BCUT2D eigenvalue weighted by atomic mass is 10.1. The van der Waals surface area contributed by atoms with Gasteiger partial charge in [0, 0.05) is 39.8 Å². The molecule has 0 atom stereocenters. The summed E-state index contributed by atoms with van der Waals surface area (Å²) in [6.07, 6.45) is 0. The molecule has 100 valence electrons. The van der Waals surface area contributed by atoms with Gasteiger partial charge in [-0.1, -0.05) is 6.07 Å². The second-order valence-electron chi connectivity index (χ2n) is 4.65. The predicted octanol–water partition coefficient (Wildman–Crippen LogP) is 1.25. The number of ether oxygens (including phenoxy) is 2. The van der Waals surface area contributed by atoms with Crippen LogP contribution in [0.25, 0.3) is 0 Å². The Hall–Kier alpha value is -1.10. The Bertz CT molecular complexity index is 376. The molecule has 1 N–H and O–H groups in total. The van der Waals surface area contributed by atoms with Crippen molar-refractivity contribution >= 4 is 0 Å². The van der Waals surface area contributed by atoms with Gasteiger partial charge in [-0.3, -0.25) is 4.90 Å². The lowest BCUT2D eigenvalue weighted by Crippen LogP contribution is -2.42. The summed E-state index contributed by atoms with van der Waals surface area (Å²) in [4.78, 5) is 2.46. The zero-order chi connectivity index (χ0) is 12.8. The van der Waals surface area contributed by atoms with Crippen LogP contribution in [0.15, 0.2) is 18.2 Å². The van der Waals surface area contributed by atoms with E-state index >= 15 is 0 Å². The number of nitrogens with one attached hydrogen (secondary N) is 1. The number of nitrogens with zero attached hydrogens (tertiary/aromatic N) is 1. The van der Waals surface area contributed by atoms with E-state index in [2.05, 4.69) is 22.3 Å². The molecule has 4 nitrogen and oxygen atoms in total. The zero-order valence-electron chi connectivity index (χ0n) is 11.2. The highest BCUT2D eigenvalue weighted by atomic mass is 16.5. The first-order chi connectivity index (χ1) is 8.81. The van der Waals surface area contributed by atoms with Gasteiger partial charge >= 0.3 is 0 Å². The first-order valence-corrected chi connectivity index (χ1v) is 6.40. The number of rotatable bonds is 5. The second-order valence-corrected chi connectivity index (χ2v) is 4.65. The van der Waals surface area contributed by atoms with Crippen molar-refractivity contribution in [3.63, 3.8) is 0 Å². The second kappa shape index (κ2) is 6.73. The van der Waals surface area contributed by atoms with E-state index in [1.54, 1.807) is 14.2 Å². The highest BCUT2D eigenvalue weighted by Gasteiger charge is 2.11. The van der Waals surface area contributed by atoms with Crippen LogP contribution in [0.2, 0.25) is 0 Å². The van der Waals surface area contributed by atoms with E-state index in [0.717, 1.165) is 38.5 Å². The number of piperazine rings is 1. The molecule has 1 heterocycles. The van der Waals surface area contributed by atoms with Crippen LogP contribution in [0, 0.1) is 0 Å². The van der Waals surface area contributed by atoms with E-state index in [0.29, 0.717) is 6.61 Å². The lowest BCUT2D eigenvalue weighted by molar-refractivity contribution is 0.184. The van der Waals surface area contributed by atoms with E-state index in [4.69, 9.17) is 9.47 Å². The van der Waals surface area contributed by atoms with E-state index < -0.39 is 0 Å². The molecule has 0 radical (unpaired) electrons. The number of methoxy groups -OCH3 is 2. The predicted molar refractivity (Wildman–Crippen MR) is 71.9 cm³/mol. The third kappa shape index (κ3) is 3.70. The molecular formula is C14H22N2O2. The summed E-state index contributed by atoms with van der Waals surface area (Å²) in [5, 5.41) is 3.37. The molecule has 1 aliphatic rings. The third-order valence-corrected chi connectivity index (χ3v) is 3.19. The molecule has 1 aliphatic heterocycles. The van der Waals surface area contributed by atoms with Gasteiger partial charge < -0.3 is 14.8 Å². The maximum Gasteiger partial charge on any atom is 0.119 e. The summed E-state index contributed by atoms with van der Waals surface area (Å²) in [5.74, 6) is 0.912. The van der Waals surface area contributed by atoms with Crippen LogP contribution in [-0.4, -0.2) is 45.3 Å². The van der Waals surface area contributed by atoms with Crippen LogP contribution in [0.1, 0.15) is 11.1 Å².